The quantitative estimate of drug-likeness (QED) is 0.859. The van der Waals surface area contributed by atoms with Gasteiger partial charge in [0.1, 0.15) is 0 Å². The van der Waals surface area contributed by atoms with Crippen molar-refractivity contribution in [3.05, 3.63) is 63.6 Å². The lowest BCUT2D eigenvalue weighted by atomic mass is 10.1. The molecular formula is C16H17BrN2O. The van der Waals surface area contributed by atoms with Gasteiger partial charge in [0.25, 0.3) is 0 Å². The molecule has 2 rings (SSSR count). The van der Waals surface area contributed by atoms with Crippen molar-refractivity contribution in [3.63, 3.8) is 0 Å². The Morgan fingerprint density at radius 1 is 1.15 bits per heavy atom. The van der Waals surface area contributed by atoms with Crippen molar-refractivity contribution < 1.29 is 4.79 Å². The summed E-state index contributed by atoms with van der Waals surface area (Å²) in [6.45, 7) is 4.51. The molecule has 4 heteroatoms. The molecule has 2 aromatic rings. The molecule has 0 atom stereocenters. The smallest absolute Gasteiger partial charge is 0.319 e. The van der Waals surface area contributed by atoms with Crippen LogP contribution in [-0.2, 0) is 6.54 Å². The molecule has 0 radical (unpaired) electrons. The minimum Gasteiger partial charge on any atom is -0.334 e. The fourth-order valence-electron chi connectivity index (χ4n) is 1.94. The van der Waals surface area contributed by atoms with Crippen molar-refractivity contribution in [2.24, 2.45) is 0 Å². The van der Waals surface area contributed by atoms with Crippen molar-refractivity contribution >= 4 is 27.6 Å². The summed E-state index contributed by atoms with van der Waals surface area (Å²) >= 11 is 3.40. The SMILES string of the molecule is Cc1cccc(CNC(=O)Nc2ccc(Br)cc2C)c1. The lowest BCUT2D eigenvalue weighted by Crippen LogP contribution is -2.28. The Morgan fingerprint density at radius 3 is 2.65 bits per heavy atom. The van der Waals surface area contributed by atoms with Gasteiger partial charge >= 0.3 is 6.03 Å². The summed E-state index contributed by atoms with van der Waals surface area (Å²) in [6.07, 6.45) is 0. The predicted octanol–water partition coefficient (Wildman–Crippen LogP) is 4.39. The minimum atomic E-state index is -0.197. The molecule has 0 saturated heterocycles. The second-order valence-corrected chi connectivity index (χ2v) is 5.67. The number of amides is 2. The van der Waals surface area contributed by atoms with Gasteiger partial charge < -0.3 is 10.6 Å². The number of halogens is 1. The molecule has 2 amide bonds. The second kappa shape index (κ2) is 6.57. The fraction of sp³-hybridized carbons (Fsp3) is 0.188. The molecule has 104 valence electrons. The highest BCUT2D eigenvalue weighted by atomic mass is 79.9. The van der Waals surface area contributed by atoms with Crippen LogP contribution in [0.5, 0.6) is 0 Å². The maximum atomic E-state index is 11.9. The van der Waals surface area contributed by atoms with Crippen LogP contribution < -0.4 is 10.6 Å². The number of hydrogen-bond acceptors (Lipinski definition) is 1. The summed E-state index contributed by atoms with van der Waals surface area (Å²) in [6, 6.07) is 13.6. The third-order valence-electron chi connectivity index (χ3n) is 2.97. The molecule has 0 aromatic heterocycles. The normalized spacial score (nSPS) is 10.2. The number of nitrogens with one attached hydrogen (secondary N) is 2. The number of carbonyl (C=O) groups is 1. The van der Waals surface area contributed by atoms with Gasteiger partial charge in [-0.25, -0.2) is 4.79 Å². The zero-order valence-corrected chi connectivity index (χ0v) is 13.1. The number of benzene rings is 2. The first kappa shape index (κ1) is 14.6. The molecule has 0 saturated carbocycles. The summed E-state index contributed by atoms with van der Waals surface area (Å²) in [5.74, 6) is 0. The zero-order valence-electron chi connectivity index (χ0n) is 11.5. The van der Waals surface area contributed by atoms with Gasteiger partial charge in [0, 0.05) is 16.7 Å². The lowest BCUT2D eigenvalue weighted by Gasteiger charge is -2.10. The molecule has 0 aliphatic carbocycles. The number of anilines is 1. The first-order valence-corrected chi connectivity index (χ1v) is 7.20. The largest absolute Gasteiger partial charge is 0.334 e. The molecule has 0 aliphatic rings. The van der Waals surface area contributed by atoms with Gasteiger partial charge in [0.2, 0.25) is 0 Å². The highest BCUT2D eigenvalue weighted by Gasteiger charge is 2.04. The van der Waals surface area contributed by atoms with Crippen LogP contribution >= 0.6 is 15.9 Å². The molecule has 2 N–H and O–H groups in total. The molecule has 0 fully saturated rings. The van der Waals surface area contributed by atoms with Gasteiger partial charge in [0.05, 0.1) is 0 Å². The van der Waals surface area contributed by atoms with E-state index in [0.29, 0.717) is 6.54 Å². The first-order chi connectivity index (χ1) is 9.54. The summed E-state index contributed by atoms with van der Waals surface area (Å²) < 4.78 is 1.00. The summed E-state index contributed by atoms with van der Waals surface area (Å²) in [7, 11) is 0. The van der Waals surface area contributed by atoms with Crippen LogP contribution in [-0.4, -0.2) is 6.03 Å². The van der Waals surface area contributed by atoms with Crippen LogP contribution in [0.4, 0.5) is 10.5 Å². The van der Waals surface area contributed by atoms with Crippen LogP contribution in [0.2, 0.25) is 0 Å². The monoisotopic (exact) mass is 332 g/mol. The number of carbonyl (C=O) groups excluding carboxylic acids is 1. The van der Waals surface area contributed by atoms with Crippen molar-refractivity contribution in [2.75, 3.05) is 5.32 Å². The Morgan fingerprint density at radius 2 is 1.95 bits per heavy atom. The van der Waals surface area contributed by atoms with Crippen LogP contribution in [0.15, 0.2) is 46.9 Å². The summed E-state index contributed by atoms with van der Waals surface area (Å²) in [5, 5.41) is 5.71. The Bertz CT molecular complexity index is 626. The van der Waals surface area contributed by atoms with E-state index < -0.39 is 0 Å². The van der Waals surface area contributed by atoms with Gasteiger partial charge in [-0.05, 0) is 43.2 Å². The van der Waals surface area contributed by atoms with E-state index in [0.717, 1.165) is 21.3 Å². The molecule has 20 heavy (non-hydrogen) atoms. The molecular weight excluding hydrogens is 316 g/mol. The predicted molar refractivity (Wildman–Crippen MR) is 85.9 cm³/mol. The van der Waals surface area contributed by atoms with Gasteiger partial charge in [-0.2, -0.15) is 0 Å². The van der Waals surface area contributed by atoms with E-state index in [1.54, 1.807) is 0 Å². The zero-order chi connectivity index (χ0) is 14.5. The highest BCUT2D eigenvalue weighted by molar-refractivity contribution is 9.10. The molecule has 2 aromatic carbocycles. The fourth-order valence-corrected chi connectivity index (χ4v) is 2.41. The van der Waals surface area contributed by atoms with E-state index in [2.05, 4.69) is 32.6 Å². The lowest BCUT2D eigenvalue weighted by molar-refractivity contribution is 0.251. The third-order valence-corrected chi connectivity index (χ3v) is 3.47. The number of aryl methyl sites for hydroxylation is 2. The Kier molecular flexibility index (Phi) is 4.79. The van der Waals surface area contributed by atoms with Crippen molar-refractivity contribution in [1.82, 2.24) is 5.32 Å². The minimum absolute atomic E-state index is 0.197. The number of hydrogen-bond donors (Lipinski definition) is 2. The van der Waals surface area contributed by atoms with E-state index in [-0.39, 0.29) is 6.03 Å². The molecule has 0 heterocycles. The molecule has 0 aliphatic heterocycles. The van der Waals surface area contributed by atoms with Crippen LogP contribution in [0.1, 0.15) is 16.7 Å². The first-order valence-electron chi connectivity index (χ1n) is 6.41. The molecule has 3 nitrogen and oxygen atoms in total. The van der Waals surface area contributed by atoms with Crippen LogP contribution in [0.3, 0.4) is 0 Å². The molecule has 0 bridgehead atoms. The molecule has 0 spiro atoms. The Balaban J connectivity index is 1.92. The van der Waals surface area contributed by atoms with E-state index in [1.807, 2.05) is 50.2 Å². The average molecular weight is 333 g/mol. The second-order valence-electron chi connectivity index (χ2n) is 4.76. The highest BCUT2D eigenvalue weighted by Crippen LogP contribution is 2.19. The average Bonchev–Trinajstić information content (AvgIpc) is 2.40. The molecule has 0 unspecified atom stereocenters. The Hall–Kier alpha value is -1.81. The Labute approximate surface area is 127 Å². The van der Waals surface area contributed by atoms with E-state index >= 15 is 0 Å². The van der Waals surface area contributed by atoms with Gasteiger partial charge in [0.15, 0.2) is 0 Å². The number of urea groups is 1. The van der Waals surface area contributed by atoms with Crippen molar-refractivity contribution in [3.8, 4) is 0 Å². The van der Waals surface area contributed by atoms with Gasteiger partial charge in [-0.3, -0.25) is 0 Å². The van der Waals surface area contributed by atoms with Gasteiger partial charge in [-0.1, -0.05) is 45.8 Å². The van der Waals surface area contributed by atoms with Crippen LogP contribution in [0, 0.1) is 13.8 Å². The van der Waals surface area contributed by atoms with E-state index in [9.17, 15) is 4.79 Å². The number of rotatable bonds is 3. The van der Waals surface area contributed by atoms with E-state index in [1.165, 1.54) is 5.56 Å². The van der Waals surface area contributed by atoms with Crippen molar-refractivity contribution in [2.45, 2.75) is 20.4 Å². The van der Waals surface area contributed by atoms with E-state index in [4.69, 9.17) is 0 Å². The maximum absolute atomic E-state index is 11.9. The third kappa shape index (κ3) is 4.10. The van der Waals surface area contributed by atoms with Gasteiger partial charge in [-0.15, -0.1) is 0 Å². The van der Waals surface area contributed by atoms with Crippen molar-refractivity contribution in [1.29, 1.82) is 0 Å². The summed E-state index contributed by atoms with van der Waals surface area (Å²) in [4.78, 5) is 11.9. The summed E-state index contributed by atoms with van der Waals surface area (Å²) in [5.41, 5.74) is 4.11. The standard InChI is InChI=1S/C16H17BrN2O/c1-11-4-3-5-13(8-11)10-18-16(20)19-15-7-6-14(17)9-12(15)2/h3-9H,10H2,1-2H3,(H2,18,19,20). The maximum Gasteiger partial charge on any atom is 0.319 e. The van der Waals surface area contributed by atoms with Crippen LogP contribution in [0.25, 0.3) is 0 Å². The topological polar surface area (TPSA) is 41.1 Å².